The third-order valence-electron chi connectivity index (χ3n) is 2.09. The van der Waals surface area contributed by atoms with Crippen molar-refractivity contribution in [1.29, 1.82) is 0 Å². The van der Waals surface area contributed by atoms with Crippen molar-refractivity contribution in [3.63, 3.8) is 0 Å². The van der Waals surface area contributed by atoms with Crippen molar-refractivity contribution in [2.45, 2.75) is 26.7 Å². The van der Waals surface area contributed by atoms with Crippen molar-refractivity contribution in [3.05, 3.63) is 0 Å². The Balaban J connectivity index is 3.42. The lowest BCUT2D eigenvalue weighted by Gasteiger charge is -2.11. The minimum atomic E-state index is -0.851. The Hall–Kier alpha value is -1.30. The van der Waals surface area contributed by atoms with Crippen LogP contribution in [0.2, 0.25) is 0 Å². The van der Waals surface area contributed by atoms with E-state index in [1.807, 2.05) is 6.92 Å². The van der Waals surface area contributed by atoms with Crippen LogP contribution >= 0.6 is 0 Å². The van der Waals surface area contributed by atoms with Crippen molar-refractivity contribution in [2.24, 2.45) is 5.92 Å². The zero-order valence-electron chi connectivity index (χ0n) is 10.5. The summed E-state index contributed by atoms with van der Waals surface area (Å²) >= 11 is 0. The van der Waals surface area contributed by atoms with Crippen LogP contribution in [0.3, 0.4) is 0 Å². The highest BCUT2D eigenvalue weighted by atomic mass is 16.5. The molecule has 0 aromatic heterocycles. The average molecular weight is 246 g/mol. The number of hydrogen-bond donors (Lipinski definition) is 3. The molecule has 0 aliphatic carbocycles. The van der Waals surface area contributed by atoms with Gasteiger partial charge in [-0.05, 0) is 19.3 Å². The van der Waals surface area contributed by atoms with Crippen LogP contribution in [0.1, 0.15) is 26.7 Å². The van der Waals surface area contributed by atoms with Gasteiger partial charge in [-0.3, -0.25) is 4.79 Å². The van der Waals surface area contributed by atoms with E-state index in [0.717, 1.165) is 6.42 Å². The Morgan fingerprint density at radius 3 is 2.65 bits per heavy atom. The molecule has 0 fully saturated rings. The highest BCUT2D eigenvalue weighted by molar-refractivity contribution is 5.73. The number of carbonyl (C=O) groups is 2. The van der Waals surface area contributed by atoms with Crippen LogP contribution < -0.4 is 10.6 Å². The first kappa shape index (κ1) is 15.7. The maximum Gasteiger partial charge on any atom is 0.314 e. The van der Waals surface area contributed by atoms with E-state index in [0.29, 0.717) is 26.3 Å². The van der Waals surface area contributed by atoms with Gasteiger partial charge in [0.2, 0.25) is 0 Å². The second-order valence-corrected chi connectivity index (χ2v) is 3.89. The third kappa shape index (κ3) is 11.0. The summed E-state index contributed by atoms with van der Waals surface area (Å²) in [7, 11) is 0. The summed E-state index contributed by atoms with van der Waals surface area (Å²) < 4.78 is 5.12. The van der Waals surface area contributed by atoms with Gasteiger partial charge < -0.3 is 20.5 Å². The fraction of sp³-hybridized carbons (Fsp3) is 0.818. The molecule has 0 rings (SSSR count). The molecule has 6 nitrogen and oxygen atoms in total. The predicted molar refractivity (Wildman–Crippen MR) is 63.9 cm³/mol. The third-order valence-corrected chi connectivity index (χ3v) is 2.09. The molecule has 0 aromatic carbocycles. The minimum absolute atomic E-state index is 0.0601. The van der Waals surface area contributed by atoms with Crippen LogP contribution in [0.5, 0.6) is 0 Å². The second-order valence-electron chi connectivity index (χ2n) is 3.89. The molecule has 0 aliphatic heterocycles. The molecule has 0 saturated carbocycles. The van der Waals surface area contributed by atoms with Gasteiger partial charge in [-0.15, -0.1) is 0 Å². The maximum absolute atomic E-state index is 11.3. The number of rotatable bonds is 9. The molecule has 0 bridgehead atoms. The van der Waals surface area contributed by atoms with Gasteiger partial charge in [-0.25, -0.2) is 4.79 Å². The molecular weight excluding hydrogens is 224 g/mol. The number of carboxylic acid groups (broad SMARTS) is 1. The van der Waals surface area contributed by atoms with E-state index in [1.54, 1.807) is 6.92 Å². The monoisotopic (exact) mass is 246 g/mol. The highest BCUT2D eigenvalue weighted by Gasteiger charge is 2.08. The maximum atomic E-state index is 11.3. The summed E-state index contributed by atoms with van der Waals surface area (Å²) in [4.78, 5) is 21.6. The quantitative estimate of drug-likeness (QED) is 0.526. The second kappa shape index (κ2) is 9.89. The smallest absolute Gasteiger partial charge is 0.314 e. The van der Waals surface area contributed by atoms with Crippen LogP contribution in [-0.4, -0.2) is 43.4 Å². The SMILES string of the molecule is CCOCCCNC(=O)NCC(C)CC(=O)O. The van der Waals surface area contributed by atoms with Crippen molar-refractivity contribution >= 4 is 12.0 Å². The van der Waals surface area contributed by atoms with Gasteiger partial charge in [-0.2, -0.15) is 0 Å². The van der Waals surface area contributed by atoms with E-state index in [-0.39, 0.29) is 18.4 Å². The number of carbonyl (C=O) groups excluding carboxylic acids is 1. The molecule has 0 heterocycles. The summed E-state index contributed by atoms with van der Waals surface area (Å²) in [6.07, 6.45) is 0.830. The van der Waals surface area contributed by atoms with Crippen molar-refractivity contribution in [3.8, 4) is 0 Å². The topological polar surface area (TPSA) is 87.7 Å². The molecule has 2 amide bonds. The standard InChI is InChI=1S/C11H22N2O4/c1-3-17-6-4-5-12-11(16)13-8-9(2)7-10(14)15/h9H,3-8H2,1-2H3,(H,14,15)(H2,12,13,16). The largest absolute Gasteiger partial charge is 0.481 e. The number of nitrogens with one attached hydrogen (secondary N) is 2. The predicted octanol–water partition coefficient (Wildman–Crippen LogP) is 0.823. The van der Waals surface area contributed by atoms with Crippen molar-refractivity contribution in [1.82, 2.24) is 10.6 Å². The lowest BCUT2D eigenvalue weighted by atomic mass is 10.1. The van der Waals surface area contributed by atoms with Gasteiger partial charge in [0.05, 0.1) is 0 Å². The fourth-order valence-corrected chi connectivity index (χ4v) is 1.22. The first-order chi connectivity index (χ1) is 8.06. The molecule has 3 N–H and O–H groups in total. The molecule has 6 heteroatoms. The first-order valence-corrected chi connectivity index (χ1v) is 5.87. The summed E-state index contributed by atoms with van der Waals surface area (Å²) in [5.41, 5.74) is 0. The van der Waals surface area contributed by atoms with Crippen LogP contribution in [0.4, 0.5) is 4.79 Å². The Morgan fingerprint density at radius 1 is 1.35 bits per heavy atom. The van der Waals surface area contributed by atoms with Crippen molar-refractivity contribution in [2.75, 3.05) is 26.3 Å². The van der Waals surface area contributed by atoms with Gasteiger partial charge >= 0.3 is 12.0 Å². The lowest BCUT2D eigenvalue weighted by molar-refractivity contribution is -0.137. The van der Waals surface area contributed by atoms with Crippen LogP contribution in [-0.2, 0) is 9.53 Å². The highest BCUT2D eigenvalue weighted by Crippen LogP contribution is 1.98. The Morgan fingerprint density at radius 2 is 2.06 bits per heavy atom. The molecular formula is C11H22N2O4. The molecule has 0 spiro atoms. The van der Waals surface area contributed by atoms with E-state index in [1.165, 1.54) is 0 Å². The molecule has 1 atom stereocenters. The number of carboxylic acids is 1. The average Bonchev–Trinajstić information content (AvgIpc) is 2.25. The summed E-state index contributed by atoms with van der Waals surface area (Å²) in [5.74, 6) is -0.918. The van der Waals surface area contributed by atoms with E-state index < -0.39 is 5.97 Å². The van der Waals surface area contributed by atoms with Gasteiger partial charge in [0.25, 0.3) is 0 Å². The van der Waals surface area contributed by atoms with Gasteiger partial charge in [-0.1, -0.05) is 6.92 Å². The molecule has 0 aromatic rings. The molecule has 0 aliphatic rings. The molecule has 17 heavy (non-hydrogen) atoms. The van der Waals surface area contributed by atoms with Gasteiger partial charge in [0, 0.05) is 32.7 Å². The zero-order valence-corrected chi connectivity index (χ0v) is 10.5. The molecule has 0 radical (unpaired) electrons. The van der Waals surface area contributed by atoms with E-state index in [2.05, 4.69) is 10.6 Å². The van der Waals surface area contributed by atoms with E-state index >= 15 is 0 Å². The van der Waals surface area contributed by atoms with Crippen LogP contribution in [0, 0.1) is 5.92 Å². The van der Waals surface area contributed by atoms with E-state index in [4.69, 9.17) is 9.84 Å². The Kier molecular flexibility index (Phi) is 9.14. The molecule has 1 unspecified atom stereocenters. The Bertz CT molecular complexity index is 234. The summed E-state index contributed by atoms with van der Waals surface area (Å²) in [5, 5.41) is 13.8. The lowest BCUT2D eigenvalue weighted by Crippen LogP contribution is -2.38. The fourth-order valence-electron chi connectivity index (χ4n) is 1.22. The van der Waals surface area contributed by atoms with Gasteiger partial charge in [0.1, 0.15) is 0 Å². The molecule has 0 saturated heterocycles. The number of ether oxygens (including phenoxy) is 1. The van der Waals surface area contributed by atoms with Crippen LogP contribution in [0.15, 0.2) is 0 Å². The minimum Gasteiger partial charge on any atom is -0.481 e. The van der Waals surface area contributed by atoms with E-state index in [9.17, 15) is 9.59 Å². The Labute approximate surface area is 102 Å². The number of urea groups is 1. The first-order valence-electron chi connectivity index (χ1n) is 5.87. The number of aliphatic carboxylic acids is 1. The molecule has 100 valence electrons. The van der Waals surface area contributed by atoms with Crippen molar-refractivity contribution < 1.29 is 19.4 Å². The summed E-state index contributed by atoms with van der Waals surface area (Å²) in [6, 6.07) is -0.265. The normalized spacial score (nSPS) is 11.9. The van der Waals surface area contributed by atoms with Gasteiger partial charge in [0.15, 0.2) is 0 Å². The van der Waals surface area contributed by atoms with Crippen LogP contribution in [0.25, 0.3) is 0 Å². The number of amides is 2. The number of hydrogen-bond acceptors (Lipinski definition) is 3. The zero-order chi connectivity index (χ0) is 13.1. The summed E-state index contributed by atoms with van der Waals surface area (Å²) in [6.45, 7) is 5.93.